The number of rotatable bonds is 8. The van der Waals surface area contributed by atoms with Crippen LogP contribution in [0.15, 0.2) is 119 Å². The van der Waals surface area contributed by atoms with E-state index in [2.05, 4.69) is 11.6 Å². The molecule has 0 fully saturated rings. The van der Waals surface area contributed by atoms with Crippen LogP contribution in [0.25, 0.3) is 23.0 Å². The second-order valence-corrected chi connectivity index (χ2v) is 11.7. The lowest BCUT2D eigenvalue weighted by Crippen LogP contribution is -2.39. The number of benzene rings is 3. The van der Waals surface area contributed by atoms with Gasteiger partial charge in [0.05, 0.1) is 33.2 Å². The molecule has 5 aromatic rings. The third kappa shape index (κ3) is 6.02. The lowest BCUT2D eigenvalue weighted by Gasteiger charge is -2.24. The summed E-state index contributed by atoms with van der Waals surface area (Å²) in [5.41, 5.74) is 5.37. The minimum Gasteiger partial charge on any atom is -0.458 e. The number of aryl methyl sites for hydroxylation is 1. The van der Waals surface area contributed by atoms with E-state index in [4.69, 9.17) is 14.6 Å². The van der Waals surface area contributed by atoms with Gasteiger partial charge in [0.25, 0.3) is 5.56 Å². The fourth-order valence-corrected chi connectivity index (χ4v) is 6.31. The Morgan fingerprint density at radius 3 is 2.39 bits per heavy atom. The third-order valence-electron chi connectivity index (χ3n) is 7.41. The standard InChI is InChI=1S/C36H30N4O5S/c1-5-19-44-35(43)31-23(3)37-36-40(33(31)26-15-17-29(18-16-26)45-24(4)41)34(42)30(46-36)20-27-21-39(28-9-7-6-8-10-28)38-32(27)25-13-11-22(2)12-14-25/h5-18,20-21,33H,1,19H2,2-4H3/b30-20-/t33-/m0/s1. The first-order valence-electron chi connectivity index (χ1n) is 14.5. The van der Waals surface area contributed by atoms with Gasteiger partial charge in [0.2, 0.25) is 0 Å². The van der Waals surface area contributed by atoms with Gasteiger partial charge in [0.15, 0.2) is 4.80 Å². The molecule has 10 heteroatoms. The Morgan fingerprint density at radius 2 is 1.72 bits per heavy atom. The van der Waals surface area contributed by atoms with Crippen molar-refractivity contribution in [3.05, 3.63) is 145 Å². The fourth-order valence-electron chi connectivity index (χ4n) is 5.28. The number of fused-ring (bicyclic) bond motifs is 1. The van der Waals surface area contributed by atoms with Crippen molar-refractivity contribution in [3.63, 3.8) is 0 Å². The molecule has 6 rings (SSSR count). The van der Waals surface area contributed by atoms with Crippen molar-refractivity contribution in [2.24, 2.45) is 4.99 Å². The van der Waals surface area contributed by atoms with Gasteiger partial charge < -0.3 is 9.47 Å². The molecule has 1 aliphatic heterocycles. The van der Waals surface area contributed by atoms with Gasteiger partial charge in [-0.25, -0.2) is 14.5 Å². The normalized spacial score (nSPS) is 14.4. The summed E-state index contributed by atoms with van der Waals surface area (Å²) in [4.78, 5) is 44.2. The van der Waals surface area contributed by atoms with Gasteiger partial charge in [-0.2, -0.15) is 5.10 Å². The molecule has 9 nitrogen and oxygen atoms in total. The van der Waals surface area contributed by atoms with Crippen molar-refractivity contribution in [2.45, 2.75) is 26.8 Å². The lowest BCUT2D eigenvalue weighted by atomic mass is 9.96. The van der Waals surface area contributed by atoms with Crippen molar-refractivity contribution in [1.29, 1.82) is 0 Å². The van der Waals surface area contributed by atoms with E-state index in [-0.39, 0.29) is 17.7 Å². The van der Waals surface area contributed by atoms with Gasteiger partial charge in [0, 0.05) is 24.2 Å². The zero-order valence-corrected chi connectivity index (χ0v) is 26.3. The number of para-hydroxylation sites is 1. The molecule has 2 aromatic heterocycles. The number of nitrogens with zero attached hydrogens (tertiary/aromatic N) is 4. The summed E-state index contributed by atoms with van der Waals surface area (Å²) in [6, 6.07) is 23.7. The van der Waals surface area contributed by atoms with Crippen LogP contribution in [0.5, 0.6) is 5.75 Å². The summed E-state index contributed by atoms with van der Waals surface area (Å²) in [5, 5.41) is 4.90. The first-order valence-corrected chi connectivity index (χ1v) is 15.4. The summed E-state index contributed by atoms with van der Waals surface area (Å²) in [6.07, 6.45) is 5.20. The zero-order valence-electron chi connectivity index (χ0n) is 25.5. The SMILES string of the molecule is C=CCOC(=O)C1=C(C)N=c2s/c(=C\c3cn(-c4ccccc4)nc3-c3ccc(C)cc3)c(=O)n2[C@H]1c1ccc(OC(C)=O)cc1. The van der Waals surface area contributed by atoms with Gasteiger partial charge in [-0.05, 0) is 49.8 Å². The highest BCUT2D eigenvalue weighted by Crippen LogP contribution is 2.32. The summed E-state index contributed by atoms with van der Waals surface area (Å²) in [6.45, 7) is 8.71. The molecular weight excluding hydrogens is 600 g/mol. The van der Waals surface area contributed by atoms with Crippen LogP contribution in [0.3, 0.4) is 0 Å². The average molecular weight is 631 g/mol. The Bertz CT molecular complexity index is 2170. The highest BCUT2D eigenvalue weighted by atomic mass is 32.1. The maximum atomic E-state index is 14.3. The first-order chi connectivity index (χ1) is 22.2. The average Bonchev–Trinajstić information content (AvgIpc) is 3.60. The van der Waals surface area contributed by atoms with Crippen LogP contribution in [0, 0.1) is 6.92 Å². The number of carbonyl (C=O) groups is 2. The smallest absolute Gasteiger partial charge is 0.338 e. The molecule has 0 unspecified atom stereocenters. The van der Waals surface area contributed by atoms with Gasteiger partial charge >= 0.3 is 11.9 Å². The molecule has 0 radical (unpaired) electrons. The highest BCUT2D eigenvalue weighted by Gasteiger charge is 2.33. The molecule has 0 spiro atoms. The molecule has 0 bridgehead atoms. The molecule has 0 saturated carbocycles. The number of ether oxygens (including phenoxy) is 2. The van der Waals surface area contributed by atoms with Crippen molar-refractivity contribution in [1.82, 2.24) is 14.3 Å². The number of thiazole rings is 1. The minimum atomic E-state index is -0.828. The predicted octanol–water partition coefficient (Wildman–Crippen LogP) is 5.05. The fraction of sp³-hybridized carbons (Fsp3) is 0.139. The van der Waals surface area contributed by atoms with Crippen LogP contribution in [-0.2, 0) is 14.3 Å². The second-order valence-electron chi connectivity index (χ2n) is 10.7. The Labute approximate surface area is 268 Å². The van der Waals surface area contributed by atoms with Crippen LogP contribution in [0.2, 0.25) is 0 Å². The first kappa shape index (κ1) is 30.4. The van der Waals surface area contributed by atoms with Crippen molar-refractivity contribution < 1.29 is 19.1 Å². The van der Waals surface area contributed by atoms with Gasteiger partial charge in [-0.1, -0.05) is 84.2 Å². The number of aromatic nitrogens is 3. The summed E-state index contributed by atoms with van der Waals surface area (Å²) in [5.74, 6) is -0.708. The lowest BCUT2D eigenvalue weighted by molar-refractivity contribution is -0.138. The number of allylic oxidation sites excluding steroid dienone is 1. The summed E-state index contributed by atoms with van der Waals surface area (Å²) >= 11 is 1.23. The maximum absolute atomic E-state index is 14.3. The van der Waals surface area contributed by atoms with E-state index in [1.165, 1.54) is 28.9 Å². The van der Waals surface area contributed by atoms with Crippen LogP contribution in [0.4, 0.5) is 0 Å². The molecule has 46 heavy (non-hydrogen) atoms. The predicted molar refractivity (Wildman–Crippen MR) is 176 cm³/mol. The van der Waals surface area contributed by atoms with E-state index < -0.39 is 18.0 Å². The molecule has 0 aliphatic carbocycles. The molecule has 3 aromatic carbocycles. The van der Waals surface area contributed by atoms with Gasteiger partial charge in [-0.15, -0.1) is 0 Å². The van der Waals surface area contributed by atoms with Crippen LogP contribution in [-0.4, -0.2) is 32.9 Å². The number of esters is 2. The second kappa shape index (κ2) is 12.8. The van der Waals surface area contributed by atoms with E-state index >= 15 is 0 Å². The largest absolute Gasteiger partial charge is 0.458 e. The molecule has 0 saturated heterocycles. The number of carbonyl (C=O) groups excluding carboxylic acids is 2. The van der Waals surface area contributed by atoms with Gasteiger partial charge in [0.1, 0.15) is 12.4 Å². The maximum Gasteiger partial charge on any atom is 0.338 e. The third-order valence-corrected chi connectivity index (χ3v) is 8.39. The van der Waals surface area contributed by atoms with Crippen molar-refractivity contribution in [2.75, 3.05) is 6.61 Å². The molecule has 1 aliphatic rings. The Hall–Kier alpha value is -5.61. The molecular formula is C36H30N4O5S. The highest BCUT2D eigenvalue weighted by molar-refractivity contribution is 7.07. The molecule has 0 N–H and O–H groups in total. The minimum absolute atomic E-state index is 0.00529. The van der Waals surface area contributed by atoms with Crippen molar-refractivity contribution >= 4 is 29.4 Å². The van der Waals surface area contributed by atoms with E-state index in [0.717, 1.165) is 28.1 Å². The molecule has 0 amide bonds. The zero-order chi connectivity index (χ0) is 32.4. The van der Waals surface area contributed by atoms with Crippen LogP contribution >= 0.6 is 11.3 Å². The summed E-state index contributed by atoms with van der Waals surface area (Å²) in [7, 11) is 0. The Balaban J connectivity index is 1.53. The monoisotopic (exact) mass is 630 g/mol. The number of hydrogen-bond acceptors (Lipinski definition) is 8. The molecule has 1 atom stereocenters. The van der Waals surface area contributed by atoms with Crippen molar-refractivity contribution in [3.8, 4) is 22.7 Å². The Morgan fingerprint density at radius 1 is 1.00 bits per heavy atom. The van der Waals surface area contributed by atoms with E-state index in [1.807, 2.05) is 73.8 Å². The summed E-state index contributed by atoms with van der Waals surface area (Å²) < 4.78 is 14.4. The van der Waals surface area contributed by atoms with E-state index in [1.54, 1.807) is 35.9 Å². The van der Waals surface area contributed by atoms with E-state index in [0.29, 0.717) is 26.3 Å². The molecule has 3 heterocycles. The van der Waals surface area contributed by atoms with E-state index in [9.17, 15) is 14.4 Å². The van der Waals surface area contributed by atoms with Crippen LogP contribution < -0.4 is 19.6 Å². The van der Waals surface area contributed by atoms with Gasteiger partial charge in [-0.3, -0.25) is 14.2 Å². The quantitative estimate of drug-likeness (QED) is 0.135. The number of hydrogen-bond donors (Lipinski definition) is 0. The van der Waals surface area contributed by atoms with Crippen LogP contribution in [0.1, 0.15) is 36.6 Å². The Kier molecular flexibility index (Phi) is 8.45. The molecule has 230 valence electrons. The topological polar surface area (TPSA) is 105 Å².